The second kappa shape index (κ2) is 8.86. The number of rotatable bonds is 5. The van der Waals surface area contributed by atoms with Crippen LogP contribution in [0.15, 0.2) is 24.3 Å². The van der Waals surface area contributed by atoms with E-state index in [4.69, 9.17) is 15.5 Å². The van der Waals surface area contributed by atoms with Crippen molar-refractivity contribution in [3.8, 4) is 0 Å². The van der Waals surface area contributed by atoms with Crippen molar-refractivity contribution in [2.45, 2.75) is 44.4 Å². The molecule has 2 saturated heterocycles. The number of nitrogen functional groups attached to an aromatic ring is 1. The lowest BCUT2D eigenvalue weighted by molar-refractivity contribution is 0.122. The summed E-state index contributed by atoms with van der Waals surface area (Å²) in [7, 11) is 2.21. The van der Waals surface area contributed by atoms with E-state index in [0.29, 0.717) is 25.1 Å². The highest BCUT2D eigenvalue weighted by molar-refractivity contribution is 5.38. The third kappa shape index (κ3) is 4.73. The summed E-state index contributed by atoms with van der Waals surface area (Å²) in [4.78, 5) is 18.3. The highest BCUT2D eigenvalue weighted by atomic mass is 16.5. The number of nitrogens with two attached hydrogens (primary N) is 1. The molecule has 0 spiro atoms. The van der Waals surface area contributed by atoms with Gasteiger partial charge in [-0.2, -0.15) is 15.0 Å². The zero-order chi connectivity index (χ0) is 21.1. The number of anilines is 2. The number of ether oxygens (including phenoxy) is 1. The highest BCUT2D eigenvalue weighted by Crippen LogP contribution is 2.34. The second-order valence-electron chi connectivity index (χ2n) is 9.25. The Balaban J connectivity index is 1.58. The molecule has 7 heteroatoms. The maximum atomic E-state index is 6.09. The predicted molar refractivity (Wildman–Crippen MR) is 120 cm³/mol. The Hall–Kier alpha value is -2.25. The van der Waals surface area contributed by atoms with Gasteiger partial charge in [0.2, 0.25) is 11.9 Å². The molecule has 7 nitrogen and oxygen atoms in total. The molecule has 0 amide bonds. The van der Waals surface area contributed by atoms with Crippen molar-refractivity contribution in [1.82, 2.24) is 19.9 Å². The molecule has 0 unspecified atom stereocenters. The van der Waals surface area contributed by atoms with Crippen molar-refractivity contribution in [1.29, 1.82) is 0 Å². The summed E-state index contributed by atoms with van der Waals surface area (Å²) in [5.74, 6) is 2.34. The minimum Gasteiger partial charge on any atom is -0.378 e. The largest absolute Gasteiger partial charge is 0.378 e. The first-order valence-corrected chi connectivity index (χ1v) is 11.0. The normalized spacial score (nSPS) is 19.2. The number of nitrogens with zero attached hydrogens (tertiary/aromatic N) is 5. The van der Waals surface area contributed by atoms with Crippen LogP contribution in [0.2, 0.25) is 0 Å². The first-order chi connectivity index (χ1) is 14.4. The van der Waals surface area contributed by atoms with Crippen LogP contribution in [0.4, 0.5) is 11.9 Å². The van der Waals surface area contributed by atoms with Gasteiger partial charge >= 0.3 is 0 Å². The lowest BCUT2D eigenvalue weighted by atomic mass is 9.79. The molecule has 0 radical (unpaired) electrons. The van der Waals surface area contributed by atoms with Crippen molar-refractivity contribution in [3.63, 3.8) is 0 Å². The van der Waals surface area contributed by atoms with Crippen LogP contribution in [0.3, 0.4) is 0 Å². The van der Waals surface area contributed by atoms with Crippen LogP contribution in [0, 0.1) is 0 Å². The molecule has 30 heavy (non-hydrogen) atoms. The van der Waals surface area contributed by atoms with Crippen LogP contribution in [-0.2, 0) is 16.6 Å². The molecule has 4 rings (SSSR count). The Bertz CT molecular complexity index is 857. The maximum absolute atomic E-state index is 6.09. The van der Waals surface area contributed by atoms with E-state index in [1.165, 1.54) is 24.0 Å². The number of hydrogen-bond acceptors (Lipinski definition) is 7. The van der Waals surface area contributed by atoms with Crippen LogP contribution >= 0.6 is 0 Å². The number of hydrogen-bond donors (Lipinski definition) is 1. The molecule has 2 aliphatic heterocycles. The quantitative estimate of drug-likeness (QED) is 0.811. The average molecular weight is 411 g/mol. The first kappa shape index (κ1) is 21.0. The molecule has 1 aromatic heterocycles. The molecule has 0 saturated carbocycles. The number of benzene rings is 1. The van der Waals surface area contributed by atoms with Gasteiger partial charge in [-0.15, -0.1) is 0 Å². The summed E-state index contributed by atoms with van der Waals surface area (Å²) in [6.45, 7) is 9.67. The number of piperidine rings is 1. The van der Waals surface area contributed by atoms with Gasteiger partial charge in [-0.25, -0.2) is 0 Å². The SMILES string of the molecule is CN1CCC(c2ccccc2CC(C)(C)c2nc(N)nc(N3CCOCC3)n2)CC1. The summed E-state index contributed by atoms with van der Waals surface area (Å²) < 4.78 is 5.46. The van der Waals surface area contributed by atoms with Crippen molar-refractivity contribution < 1.29 is 4.74 Å². The zero-order valence-electron chi connectivity index (χ0n) is 18.5. The van der Waals surface area contributed by atoms with Gasteiger partial charge in [0.1, 0.15) is 5.82 Å². The van der Waals surface area contributed by atoms with Crippen molar-refractivity contribution >= 4 is 11.9 Å². The lowest BCUT2D eigenvalue weighted by Gasteiger charge is -2.32. The van der Waals surface area contributed by atoms with Crippen molar-refractivity contribution in [2.75, 3.05) is 57.1 Å². The lowest BCUT2D eigenvalue weighted by Crippen LogP contribution is -2.38. The topological polar surface area (TPSA) is 80.4 Å². The van der Waals surface area contributed by atoms with E-state index in [-0.39, 0.29) is 11.4 Å². The van der Waals surface area contributed by atoms with E-state index in [9.17, 15) is 0 Å². The van der Waals surface area contributed by atoms with Crippen molar-refractivity contribution in [2.24, 2.45) is 0 Å². The molecule has 2 N–H and O–H groups in total. The molecule has 162 valence electrons. The smallest absolute Gasteiger partial charge is 0.230 e. The Morgan fingerprint density at radius 2 is 1.73 bits per heavy atom. The minimum absolute atomic E-state index is 0.250. The van der Waals surface area contributed by atoms with Crippen LogP contribution in [0.25, 0.3) is 0 Å². The summed E-state index contributed by atoms with van der Waals surface area (Å²) in [6.07, 6.45) is 3.31. The number of likely N-dealkylation sites (tertiary alicyclic amines) is 1. The Labute approximate surface area is 179 Å². The highest BCUT2D eigenvalue weighted by Gasteiger charge is 2.29. The van der Waals surface area contributed by atoms with Gasteiger partial charge in [-0.1, -0.05) is 38.1 Å². The van der Waals surface area contributed by atoms with Crippen LogP contribution in [0.1, 0.15) is 49.6 Å². The summed E-state index contributed by atoms with van der Waals surface area (Å²) in [5, 5.41) is 0. The molecular weight excluding hydrogens is 376 g/mol. The monoisotopic (exact) mass is 410 g/mol. The molecule has 0 bridgehead atoms. The average Bonchev–Trinajstić information content (AvgIpc) is 2.75. The molecule has 0 aliphatic carbocycles. The Morgan fingerprint density at radius 1 is 1.03 bits per heavy atom. The Morgan fingerprint density at radius 3 is 2.47 bits per heavy atom. The van der Waals surface area contributed by atoms with Crippen LogP contribution < -0.4 is 10.6 Å². The van der Waals surface area contributed by atoms with Gasteiger partial charge in [0.05, 0.1) is 13.2 Å². The van der Waals surface area contributed by atoms with Gasteiger partial charge < -0.3 is 20.3 Å². The molecule has 3 heterocycles. The molecule has 0 atom stereocenters. The Kier molecular flexibility index (Phi) is 6.20. The molecule has 1 aromatic carbocycles. The van der Waals surface area contributed by atoms with E-state index in [2.05, 4.69) is 64.9 Å². The summed E-state index contributed by atoms with van der Waals surface area (Å²) in [5.41, 5.74) is 8.71. The van der Waals surface area contributed by atoms with E-state index in [1.807, 2.05) is 0 Å². The van der Waals surface area contributed by atoms with Gasteiger partial charge in [0, 0.05) is 18.5 Å². The molecule has 2 aromatic rings. The van der Waals surface area contributed by atoms with Crippen LogP contribution in [-0.4, -0.2) is 66.3 Å². The molecule has 2 aliphatic rings. The minimum atomic E-state index is -0.250. The van der Waals surface area contributed by atoms with Crippen molar-refractivity contribution in [3.05, 3.63) is 41.2 Å². The van der Waals surface area contributed by atoms with Gasteiger partial charge in [0.15, 0.2) is 0 Å². The number of morpholine rings is 1. The predicted octanol–water partition coefficient (Wildman–Crippen LogP) is 2.62. The van der Waals surface area contributed by atoms with Gasteiger partial charge in [-0.3, -0.25) is 0 Å². The zero-order valence-corrected chi connectivity index (χ0v) is 18.5. The first-order valence-electron chi connectivity index (χ1n) is 11.0. The maximum Gasteiger partial charge on any atom is 0.230 e. The fourth-order valence-corrected chi connectivity index (χ4v) is 4.56. The van der Waals surface area contributed by atoms with E-state index < -0.39 is 0 Å². The van der Waals surface area contributed by atoms with E-state index in [0.717, 1.165) is 38.4 Å². The molecular formula is C23H34N6O. The van der Waals surface area contributed by atoms with E-state index in [1.54, 1.807) is 0 Å². The fraction of sp³-hybridized carbons (Fsp3) is 0.609. The van der Waals surface area contributed by atoms with Crippen LogP contribution in [0.5, 0.6) is 0 Å². The summed E-state index contributed by atoms with van der Waals surface area (Å²) in [6, 6.07) is 8.89. The standard InChI is InChI=1S/C23H34N6O/c1-23(2,20-25-21(24)27-22(26-20)29-12-14-30-15-13-29)16-18-6-4-5-7-19(18)17-8-10-28(3)11-9-17/h4-7,17H,8-16H2,1-3H3,(H2,24,25,26,27). The second-order valence-corrected chi connectivity index (χ2v) is 9.25. The summed E-state index contributed by atoms with van der Waals surface area (Å²) >= 11 is 0. The van der Waals surface area contributed by atoms with E-state index >= 15 is 0 Å². The fourth-order valence-electron chi connectivity index (χ4n) is 4.56. The third-order valence-electron chi connectivity index (χ3n) is 6.39. The van der Waals surface area contributed by atoms with Gasteiger partial charge in [-0.05, 0) is 56.4 Å². The number of aromatic nitrogens is 3. The molecule has 2 fully saturated rings. The third-order valence-corrected chi connectivity index (χ3v) is 6.39. The van der Waals surface area contributed by atoms with Gasteiger partial charge in [0.25, 0.3) is 0 Å².